The minimum atomic E-state index is 0.472. The molecule has 0 fully saturated rings. The Morgan fingerprint density at radius 3 is 2.53 bits per heavy atom. The summed E-state index contributed by atoms with van der Waals surface area (Å²) in [4.78, 5) is 0. The van der Waals surface area contributed by atoms with E-state index >= 15 is 0 Å². The largest absolute Gasteiger partial charge is 0.497 e. The maximum Gasteiger partial charge on any atom is 0.121 e. The number of benzene rings is 1. The number of hydrogen-bond donors (Lipinski definition) is 2. The number of nitrogen functional groups attached to an aromatic ring is 1. The average molecular weight is 208 g/mol. The van der Waals surface area contributed by atoms with E-state index in [9.17, 15) is 0 Å². The van der Waals surface area contributed by atoms with E-state index in [1.807, 2.05) is 18.2 Å². The third-order valence-corrected chi connectivity index (χ3v) is 2.61. The second-order valence-corrected chi connectivity index (χ2v) is 3.61. The first kappa shape index (κ1) is 11.7. The van der Waals surface area contributed by atoms with Crippen LogP contribution in [0.5, 0.6) is 5.75 Å². The number of nitrogens with one attached hydrogen (secondary N) is 1. The van der Waals surface area contributed by atoms with Crippen LogP contribution in [0.25, 0.3) is 0 Å². The summed E-state index contributed by atoms with van der Waals surface area (Å²) >= 11 is 0. The van der Waals surface area contributed by atoms with Gasteiger partial charge in [-0.25, -0.2) is 0 Å². The van der Waals surface area contributed by atoms with Gasteiger partial charge in [-0.3, -0.25) is 0 Å². The smallest absolute Gasteiger partial charge is 0.121 e. The van der Waals surface area contributed by atoms with Crippen molar-refractivity contribution in [3.63, 3.8) is 0 Å². The molecule has 0 heterocycles. The average Bonchev–Trinajstić information content (AvgIpc) is 2.28. The van der Waals surface area contributed by atoms with Crippen molar-refractivity contribution in [1.29, 1.82) is 0 Å². The van der Waals surface area contributed by atoms with Gasteiger partial charge in [0, 0.05) is 12.1 Å². The van der Waals surface area contributed by atoms with E-state index in [0.717, 1.165) is 30.0 Å². The third kappa shape index (κ3) is 3.05. The SMILES string of the molecule is CCC(CC)Nc1cc(OC)ccc1N. The van der Waals surface area contributed by atoms with E-state index in [1.54, 1.807) is 7.11 Å². The molecule has 0 aliphatic rings. The Morgan fingerprint density at radius 1 is 1.33 bits per heavy atom. The zero-order valence-corrected chi connectivity index (χ0v) is 9.71. The number of hydrogen-bond acceptors (Lipinski definition) is 3. The summed E-state index contributed by atoms with van der Waals surface area (Å²) in [7, 11) is 1.66. The maximum absolute atomic E-state index is 5.88. The molecule has 0 aromatic heterocycles. The molecule has 0 spiro atoms. The minimum absolute atomic E-state index is 0.472. The summed E-state index contributed by atoms with van der Waals surface area (Å²) in [5.74, 6) is 0.831. The Hall–Kier alpha value is -1.38. The highest BCUT2D eigenvalue weighted by atomic mass is 16.5. The van der Waals surface area contributed by atoms with E-state index in [1.165, 1.54) is 0 Å². The molecule has 0 amide bonds. The molecule has 0 atom stereocenters. The predicted octanol–water partition coefficient (Wildman–Crippen LogP) is 2.88. The highest BCUT2D eigenvalue weighted by Gasteiger charge is 2.06. The van der Waals surface area contributed by atoms with Crippen molar-refractivity contribution in [3.05, 3.63) is 18.2 Å². The second kappa shape index (κ2) is 5.49. The quantitative estimate of drug-likeness (QED) is 0.731. The highest BCUT2D eigenvalue weighted by Crippen LogP contribution is 2.25. The predicted molar refractivity (Wildman–Crippen MR) is 65.4 cm³/mol. The Balaban J connectivity index is 2.82. The number of methoxy groups -OCH3 is 1. The summed E-state index contributed by atoms with van der Waals surface area (Å²) in [5.41, 5.74) is 7.61. The van der Waals surface area contributed by atoms with Crippen LogP contribution in [-0.2, 0) is 0 Å². The van der Waals surface area contributed by atoms with Crippen LogP contribution in [0, 0.1) is 0 Å². The molecule has 0 bridgehead atoms. The van der Waals surface area contributed by atoms with E-state index in [2.05, 4.69) is 19.2 Å². The third-order valence-electron chi connectivity index (χ3n) is 2.61. The van der Waals surface area contributed by atoms with Gasteiger partial charge < -0.3 is 15.8 Å². The van der Waals surface area contributed by atoms with E-state index in [-0.39, 0.29) is 0 Å². The first-order chi connectivity index (χ1) is 7.21. The van der Waals surface area contributed by atoms with Gasteiger partial charge in [0.1, 0.15) is 5.75 Å². The molecule has 3 nitrogen and oxygen atoms in total. The molecule has 1 aromatic carbocycles. The van der Waals surface area contributed by atoms with Crippen LogP contribution in [0.3, 0.4) is 0 Å². The summed E-state index contributed by atoms with van der Waals surface area (Å²) < 4.78 is 5.16. The fourth-order valence-electron chi connectivity index (χ4n) is 1.50. The van der Waals surface area contributed by atoms with Crippen molar-refractivity contribution in [2.45, 2.75) is 32.7 Å². The Labute approximate surface area is 91.6 Å². The van der Waals surface area contributed by atoms with Crippen LogP contribution >= 0.6 is 0 Å². The number of nitrogens with two attached hydrogens (primary N) is 1. The molecule has 0 saturated carbocycles. The van der Waals surface area contributed by atoms with Crippen molar-refractivity contribution in [2.24, 2.45) is 0 Å². The zero-order valence-electron chi connectivity index (χ0n) is 9.71. The van der Waals surface area contributed by atoms with Crippen molar-refractivity contribution in [2.75, 3.05) is 18.2 Å². The molecular weight excluding hydrogens is 188 g/mol. The standard InChI is InChI=1S/C12H20N2O/c1-4-9(5-2)14-12-8-10(15-3)6-7-11(12)13/h6-9,14H,4-5,13H2,1-3H3. The summed E-state index contributed by atoms with van der Waals surface area (Å²) in [5, 5.41) is 3.42. The van der Waals surface area contributed by atoms with Gasteiger partial charge >= 0.3 is 0 Å². The number of rotatable bonds is 5. The highest BCUT2D eigenvalue weighted by molar-refractivity contribution is 5.68. The fraction of sp³-hybridized carbons (Fsp3) is 0.500. The topological polar surface area (TPSA) is 47.3 Å². The molecule has 1 rings (SSSR count). The van der Waals surface area contributed by atoms with Crippen molar-refractivity contribution in [3.8, 4) is 5.75 Å². The number of ether oxygens (including phenoxy) is 1. The van der Waals surface area contributed by atoms with E-state index in [4.69, 9.17) is 10.5 Å². The van der Waals surface area contributed by atoms with Crippen LogP contribution in [0.4, 0.5) is 11.4 Å². The monoisotopic (exact) mass is 208 g/mol. The van der Waals surface area contributed by atoms with Crippen LogP contribution in [0.2, 0.25) is 0 Å². The van der Waals surface area contributed by atoms with Gasteiger partial charge in [-0.2, -0.15) is 0 Å². The van der Waals surface area contributed by atoms with Gasteiger partial charge in [-0.05, 0) is 25.0 Å². The summed E-state index contributed by atoms with van der Waals surface area (Å²) in [6.07, 6.45) is 2.18. The zero-order chi connectivity index (χ0) is 11.3. The van der Waals surface area contributed by atoms with Gasteiger partial charge in [0.05, 0.1) is 18.5 Å². The lowest BCUT2D eigenvalue weighted by molar-refractivity contribution is 0.415. The van der Waals surface area contributed by atoms with Crippen LogP contribution in [0.1, 0.15) is 26.7 Å². The molecule has 0 saturated heterocycles. The summed E-state index contributed by atoms with van der Waals surface area (Å²) in [6.45, 7) is 4.33. The summed E-state index contributed by atoms with van der Waals surface area (Å²) in [6, 6.07) is 6.14. The van der Waals surface area contributed by atoms with Gasteiger partial charge in [0.2, 0.25) is 0 Å². The first-order valence-electron chi connectivity index (χ1n) is 5.41. The number of anilines is 2. The normalized spacial score (nSPS) is 10.4. The molecule has 1 aromatic rings. The molecule has 3 N–H and O–H groups in total. The molecule has 0 radical (unpaired) electrons. The second-order valence-electron chi connectivity index (χ2n) is 3.61. The lowest BCUT2D eigenvalue weighted by Crippen LogP contribution is -2.17. The van der Waals surface area contributed by atoms with Gasteiger partial charge in [-0.15, -0.1) is 0 Å². The lowest BCUT2D eigenvalue weighted by atomic mass is 10.1. The van der Waals surface area contributed by atoms with Crippen molar-refractivity contribution >= 4 is 11.4 Å². The molecule has 84 valence electrons. The molecule has 0 unspecified atom stereocenters. The van der Waals surface area contributed by atoms with E-state index < -0.39 is 0 Å². The van der Waals surface area contributed by atoms with Crippen LogP contribution in [-0.4, -0.2) is 13.2 Å². The van der Waals surface area contributed by atoms with Gasteiger partial charge in [0.15, 0.2) is 0 Å². The van der Waals surface area contributed by atoms with Crippen LogP contribution in [0.15, 0.2) is 18.2 Å². The Bertz CT molecular complexity index is 308. The molecule has 0 aliphatic heterocycles. The van der Waals surface area contributed by atoms with Crippen LogP contribution < -0.4 is 15.8 Å². The first-order valence-corrected chi connectivity index (χ1v) is 5.41. The maximum atomic E-state index is 5.88. The molecule has 3 heteroatoms. The van der Waals surface area contributed by atoms with Gasteiger partial charge in [-0.1, -0.05) is 13.8 Å². The fourth-order valence-corrected chi connectivity index (χ4v) is 1.50. The molecular formula is C12H20N2O. The molecule has 15 heavy (non-hydrogen) atoms. The Morgan fingerprint density at radius 2 is 2.00 bits per heavy atom. The van der Waals surface area contributed by atoms with Gasteiger partial charge in [0.25, 0.3) is 0 Å². The Kier molecular flexibility index (Phi) is 4.28. The van der Waals surface area contributed by atoms with E-state index in [0.29, 0.717) is 6.04 Å². The molecule has 0 aliphatic carbocycles. The van der Waals surface area contributed by atoms with Crippen molar-refractivity contribution < 1.29 is 4.74 Å². The minimum Gasteiger partial charge on any atom is -0.497 e. The lowest BCUT2D eigenvalue weighted by Gasteiger charge is -2.18. The van der Waals surface area contributed by atoms with Crippen molar-refractivity contribution in [1.82, 2.24) is 0 Å².